The quantitative estimate of drug-likeness (QED) is 0.846. The molecule has 0 spiro atoms. The number of hydrogen-bond donors (Lipinski definition) is 0. The summed E-state index contributed by atoms with van der Waals surface area (Å²) in [5, 5.41) is 0. The van der Waals surface area contributed by atoms with E-state index in [4.69, 9.17) is 18.9 Å². The van der Waals surface area contributed by atoms with E-state index in [0.717, 1.165) is 36.4 Å². The van der Waals surface area contributed by atoms with Gasteiger partial charge in [0.2, 0.25) is 0 Å². The standard InChI is InChI=1S/C17H23NO5/c1-20-12-5-6-13(15(10-12)21-2)14-4-3-7-18(14)17(19)16-11-22-8-9-23-16/h5-6,10,14,16H,3-4,7-9,11H2,1-2H3/t14-,16+/m1/s1. The Kier molecular flexibility index (Phi) is 5.03. The minimum Gasteiger partial charge on any atom is -0.497 e. The molecule has 0 bridgehead atoms. The highest BCUT2D eigenvalue weighted by Gasteiger charge is 2.36. The van der Waals surface area contributed by atoms with Crippen LogP contribution in [0.4, 0.5) is 0 Å². The smallest absolute Gasteiger partial charge is 0.254 e. The van der Waals surface area contributed by atoms with Crippen molar-refractivity contribution in [1.82, 2.24) is 4.90 Å². The second kappa shape index (κ2) is 7.19. The third kappa shape index (κ3) is 3.28. The second-order valence-corrected chi connectivity index (χ2v) is 5.73. The summed E-state index contributed by atoms with van der Waals surface area (Å²) in [5.41, 5.74) is 1.01. The monoisotopic (exact) mass is 321 g/mol. The fourth-order valence-corrected chi connectivity index (χ4v) is 3.26. The largest absolute Gasteiger partial charge is 0.497 e. The lowest BCUT2D eigenvalue weighted by molar-refractivity contribution is -0.158. The van der Waals surface area contributed by atoms with Crippen LogP contribution in [-0.4, -0.2) is 57.5 Å². The van der Waals surface area contributed by atoms with E-state index in [0.29, 0.717) is 19.8 Å². The van der Waals surface area contributed by atoms with E-state index in [1.54, 1.807) is 14.2 Å². The molecule has 0 unspecified atom stereocenters. The van der Waals surface area contributed by atoms with Gasteiger partial charge in [-0.25, -0.2) is 0 Å². The van der Waals surface area contributed by atoms with E-state index in [1.807, 2.05) is 23.1 Å². The molecule has 0 saturated carbocycles. The Balaban J connectivity index is 1.82. The number of methoxy groups -OCH3 is 2. The van der Waals surface area contributed by atoms with Crippen LogP contribution in [0.25, 0.3) is 0 Å². The minimum atomic E-state index is -0.492. The molecule has 2 aliphatic heterocycles. The fourth-order valence-electron chi connectivity index (χ4n) is 3.26. The van der Waals surface area contributed by atoms with Crippen molar-refractivity contribution in [2.45, 2.75) is 25.0 Å². The van der Waals surface area contributed by atoms with Crippen LogP contribution in [0.3, 0.4) is 0 Å². The number of amides is 1. The number of benzene rings is 1. The SMILES string of the molecule is COc1ccc([C@H]2CCCN2C(=O)[C@@H]2COCCO2)c(OC)c1. The van der Waals surface area contributed by atoms with Crippen LogP contribution in [0.2, 0.25) is 0 Å². The van der Waals surface area contributed by atoms with E-state index in [-0.39, 0.29) is 11.9 Å². The van der Waals surface area contributed by atoms with Crippen molar-refractivity contribution >= 4 is 5.91 Å². The Labute approximate surface area is 136 Å². The van der Waals surface area contributed by atoms with Gasteiger partial charge in [0.25, 0.3) is 5.91 Å². The molecule has 2 atom stereocenters. The molecule has 2 aliphatic rings. The Morgan fingerprint density at radius 3 is 2.83 bits per heavy atom. The lowest BCUT2D eigenvalue weighted by Crippen LogP contribution is -2.45. The average molecular weight is 321 g/mol. The van der Waals surface area contributed by atoms with Crippen molar-refractivity contribution in [3.63, 3.8) is 0 Å². The van der Waals surface area contributed by atoms with Crippen LogP contribution in [0.1, 0.15) is 24.4 Å². The summed E-state index contributed by atoms with van der Waals surface area (Å²) in [7, 11) is 3.26. The molecule has 3 rings (SSSR count). The van der Waals surface area contributed by atoms with E-state index in [9.17, 15) is 4.79 Å². The summed E-state index contributed by atoms with van der Waals surface area (Å²) in [6, 6.07) is 5.75. The maximum Gasteiger partial charge on any atom is 0.254 e. The Morgan fingerprint density at radius 2 is 2.13 bits per heavy atom. The van der Waals surface area contributed by atoms with Gasteiger partial charge in [-0.1, -0.05) is 0 Å². The number of rotatable bonds is 4. The topological polar surface area (TPSA) is 57.2 Å². The van der Waals surface area contributed by atoms with Gasteiger partial charge in [0, 0.05) is 18.2 Å². The number of carbonyl (C=O) groups excluding carboxylic acids is 1. The molecule has 2 fully saturated rings. The highest BCUT2D eigenvalue weighted by molar-refractivity contribution is 5.82. The number of nitrogens with zero attached hydrogens (tertiary/aromatic N) is 1. The lowest BCUT2D eigenvalue weighted by Gasteiger charge is -2.31. The van der Waals surface area contributed by atoms with Crippen molar-refractivity contribution in [3.8, 4) is 11.5 Å². The van der Waals surface area contributed by atoms with Gasteiger partial charge < -0.3 is 23.8 Å². The molecular formula is C17H23NO5. The number of ether oxygens (including phenoxy) is 4. The predicted octanol–water partition coefficient (Wildman–Crippen LogP) is 1.78. The van der Waals surface area contributed by atoms with Gasteiger partial charge in [0.05, 0.1) is 40.1 Å². The molecule has 0 N–H and O–H groups in total. The maximum atomic E-state index is 12.8. The van der Waals surface area contributed by atoms with Crippen LogP contribution < -0.4 is 9.47 Å². The molecule has 0 radical (unpaired) electrons. The van der Waals surface area contributed by atoms with Crippen molar-refractivity contribution in [2.24, 2.45) is 0 Å². The zero-order valence-electron chi connectivity index (χ0n) is 13.6. The van der Waals surface area contributed by atoms with Crippen molar-refractivity contribution in [3.05, 3.63) is 23.8 Å². The molecule has 126 valence electrons. The van der Waals surface area contributed by atoms with Crippen molar-refractivity contribution in [1.29, 1.82) is 0 Å². The van der Waals surface area contributed by atoms with E-state index >= 15 is 0 Å². The van der Waals surface area contributed by atoms with Crippen LogP contribution in [0.15, 0.2) is 18.2 Å². The normalized spacial score (nSPS) is 24.5. The van der Waals surface area contributed by atoms with Crippen LogP contribution in [-0.2, 0) is 14.3 Å². The van der Waals surface area contributed by atoms with Gasteiger partial charge in [0.15, 0.2) is 6.10 Å². The third-order valence-electron chi connectivity index (χ3n) is 4.43. The zero-order valence-corrected chi connectivity index (χ0v) is 13.6. The highest BCUT2D eigenvalue weighted by atomic mass is 16.6. The lowest BCUT2D eigenvalue weighted by atomic mass is 10.0. The number of carbonyl (C=O) groups is 1. The van der Waals surface area contributed by atoms with Gasteiger partial charge in [-0.3, -0.25) is 4.79 Å². The molecule has 6 heteroatoms. The number of likely N-dealkylation sites (tertiary alicyclic amines) is 1. The van der Waals surface area contributed by atoms with Crippen LogP contribution in [0.5, 0.6) is 11.5 Å². The van der Waals surface area contributed by atoms with Crippen molar-refractivity contribution in [2.75, 3.05) is 40.6 Å². The molecule has 0 aromatic heterocycles. The van der Waals surface area contributed by atoms with Gasteiger partial charge in [-0.05, 0) is 25.0 Å². The summed E-state index contributed by atoms with van der Waals surface area (Å²) in [4.78, 5) is 14.7. The van der Waals surface area contributed by atoms with Gasteiger partial charge in [0.1, 0.15) is 11.5 Å². The van der Waals surface area contributed by atoms with Crippen LogP contribution in [0, 0.1) is 0 Å². The molecule has 2 saturated heterocycles. The van der Waals surface area contributed by atoms with E-state index < -0.39 is 6.10 Å². The molecule has 23 heavy (non-hydrogen) atoms. The van der Waals surface area contributed by atoms with Crippen molar-refractivity contribution < 1.29 is 23.7 Å². The average Bonchev–Trinajstić information content (AvgIpc) is 3.10. The molecule has 0 aliphatic carbocycles. The van der Waals surface area contributed by atoms with Crippen LogP contribution >= 0.6 is 0 Å². The molecule has 6 nitrogen and oxygen atoms in total. The Morgan fingerprint density at radius 1 is 1.26 bits per heavy atom. The summed E-state index contributed by atoms with van der Waals surface area (Å²) < 4.78 is 21.7. The molecule has 1 aromatic rings. The van der Waals surface area contributed by atoms with Gasteiger partial charge in [-0.15, -0.1) is 0 Å². The molecule has 2 heterocycles. The summed E-state index contributed by atoms with van der Waals surface area (Å²) >= 11 is 0. The Hall–Kier alpha value is -1.79. The fraction of sp³-hybridized carbons (Fsp3) is 0.588. The Bertz CT molecular complexity index is 556. The molecule has 1 amide bonds. The first-order valence-electron chi connectivity index (χ1n) is 7.96. The first-order chi connectivity index (χ1) is 11.2. The first kappa shape index (κ1) is 16.1. The van der Waals surface area contributed by atoms with Gasteiger partial charge >= 0.3 is 0 Å². The second-order valence-electron chi connectivity index (χ2n) is 5.73. The minimum absolute atomic E-state index is 0.00470. The van der Waals surface area contributed by atoms with E-state index in [2.05, 4.69) is 0 Å². The molecular weight excluding hydrogens is 298 g/mol. The van der Waals surface area contributed by atoms with E-state index in [1.165, 1.54) is 0 Å². The first-order valence-corrected chi connectivity index (χ1v) is 7.96. The summed E-state index contributed by atoms with van der Waals surface area (Å²) in [6.07, 6.45) is 1.40. The number of hydrogen-bond acceptors (Lipinski definition) is 5. The van der Waals surface area contributed by atoms with Gasteiger partial charge in [-0.2, -0.15) is 0 Å². The molecule has 1 aromatic carbocycles. The predicted molar refractivity (Wildman–Crippen MR) is 83.8 cm³/mol. The maximum absolute atomic E-state index is 12.8. The third-order valence-corrected chi connectivity index (χ3v) is 4.43. The zero-order chi connectivity index (χ0) is 16.2. The summed E-state index contributed by atoms with van der Waals surface area (Å²) in [5.74, 6) is 1.49. The summed E-state index contributed by atoms with van der Waals surface area (Å²) in [6.45, 7) is 2.10. The highest BCUT2D eigenvalue weighted by Crippen LogP contribution is 2.39.